The summed E-state index contributed by atoms with van der Waals surface area (Å²) in [6.07, 6.45) is 6.24. The Bertz CT molecular complexity index is 610. The summed E-state index contributed by atoms with van der Waals surface area (Å²) < 4.78 is 26.8. The van der Waals surface area contributed by atoms with Crippen molar-refractivity contribution in [2.24, 2.45) is 0 Å². The van der Waals surface area contributed by atoms with Crippen molar-refractivity contribution in [3.63, 3.8) is 0 Å². The average Bonchev–Trinajstić information content (AvgIpc) is 2.39. The second-order valence-electron chi connectivity index (χ2n) is 4.31. The van der Waals surface area contributed by atoms with Crippen LogP contribution in [0.4, 0.5) is 5.69 Å². The summed E-state index contributed by atoms with van der Waals surface area (Å²) in [5, 5.41) is 10.9. The van der Waals surface area contributed by atoms with Crippen LogP contribution in [0.1, 0.15) is 19.3 Å². The lowest BCUT2D eigenvalue weighted by molar-refractivity contribution is -0.387. The van der Waals surface area contributed by atoms with Gasteiger partial charge in [0.2, 0.25) is 10.0 Å². The van der Waals surface area contributed by atoms with Gasteiger partial charge < -0.3 is 0 Å². The first-order valence-electron chi connectivity index (χ1n) is 5.93. The van der Waals surface area contributed by atoms with Crippen molar-refractivity contribution in [1.82, 2.24) is 4.72 Å². The zero-order valence-electron chi connectivity index (χ0n) is 10.2. The molecule has 2 rings (SSSR count). The smallest absolute Gasteiger partial charge is 0.258 e. The summed E-state index contributed by atoms with van der Waals surface area (Å²) >= 11 is 0. The molecule has 19 heavy (non-hydrogen) atoms. The summed E-state index contributed by atoms with van der Waals surface area (Å²) in [6, 6.07) is 5.05. The van der Waals surface area contributed by atoms with E-state index in [-0.39, 0.29) is 10.9 Å². The number of hydrogen-bond acceptors (Lipinski definition) is 4. The largest absolute Gasteiger partial charge is 0.289 e. The van der Waals surface area contributed by atoms with Gasteiger partial charge >= 0.3 is 0 Å². The fraction of sp³-hybridized carbons (Fsp3) is 0.333. The standard InChI is InChI=1S/C12H14N2O4S/c15-14(16)11-8-4-5-9-12(11)19(17,18)13-10-6-2-1-3-7-10/h2,4-6,8-10,13H,1,3,7H2. The highest BCUT2D eigenvalue weighted by atomic mass is 32.2. The lowest BCUT2D eigenvalue weighted by Crippen LogP contribution is -2.34. The summed E-state index contributed by atoms with van der Waals surface area (Å²) in [7, 11) is -3.88. The van der Waals surface area contributed by atoms with E-state index in [1.165, 1.54) is 24.3 Å². The average molecular weight is 282 g/mol. The highest BCUT2D eigenvalue weighted by Crippen LogP contribution is 2.23. The SMILES string of the molecule is O=[N+]([O-])c1ccccc1S(=O)(=O)NC1C=CCCC1. The molecule has 0 saturated heterocycles. The van der Waals surface area contributed by atoms with Crippen LogP contribution in [0.5, 0.6) is 0 Å². The van der Waals surface area contributed by atoms with Crippen LogP contribution < -0.4 is 4.72 Å². The molecule has 0 spiro atoms. The van der Waals surface area contributed by atoms with Crippen LogP contribution in [-0.2, 0) is 10.0 Å². The predicted octanol–water partition coefficient (Wildman–Crippen LogP) is 1.98. The van der Waals surface area contributed by atoms with Crippen molar-refractivity contribution in [3.05, 3.63) is 46.5 Å². The molecule has 0 fully saturated rings. The minimum atomic E-state index is -3.88. The van der Waals surface area contributed by atoms with Crippen molar-refractivity contribution in [3.8, 4) is 0 Å². The third-order valence-corrected chi connectivity index (χ3v) is 4.45. The van der Waals surface area contributed by atoms with E-state index < -0.39 is 20.6 Å². The number of para-hydroxylation sites is 1. The normalized spacial score (nSPS) is 19.3. The third kappa shape index (κ3) is 3.18. The van der Waals surface area contributed by atoms with Crippen molar-refractivity contribution in [2.75, 3.05) is 0 Å². The number of rotatable bonds is 4. The van der Waals surface area contributed by atoms with E-state index >= 15 is 0 Å². The van der Waals surface area contributed by atoms with Gasteiger partial charge in [0.1, 0.15) is 0 Å². The maximum atomic E-state index is 12.2. The molecule has 1 aliphatic carbocycles. The fourth-order valence-corrected chi connectivity index (χ4v) is 3.41. The van der Waals surface area contributed by atoms with E-state index in [9.17, 15) is 18.5 Å². The Morgan fingerprint density at radius 2 is 2.05 bits per heavy atom. The molecule has 0 bridgehead atoms. The van der Waals surface area contributed by atoms with Gasteiger partial charge in [-0.1, -0.05) is 24.3 Å². The van der Waals surface area contributed by atoms with E-state index in [4.69, 9.17) is 0 Å². The Morgan fingerprint density at radius 3 is 2.68 bits per heavy atom. The summed E-state index contributed by atoms with van der Waals surface area (Å²) in [6.45, 7) is 0. The number of nitrogens with zero attached hydrogens (tertiary/aromatic N) is 1. The first-order valence-corrected chi connectivity index (χ1v) is 7.41. The van der Waals surface area contributed by atoms with Crippen molar-refractivity contribution in [2.45, 2.75) is 30.2 Å². The second-order valence-corrected chi connectivity index (χ2v) is 5.99. The zero-order chi connectivity index (χ0) is 13.9. The first-order chi connectivity index (χ1) is 9.00. The number of allylic oxidation sites excluding steroid dienone is 1. The van der Waals surface area contributed by atoms with Crippen LogP contribution in [-0.4, -0.2) is 19.4 Å². The molecule has 1 aliphatic rings. The van der Waals surface area contributed by atoms with Gasteiger partial charge in [0, 0.05) is 12.1 Å². The fourth-order valence-electron chi connectivity index (χ4n) is 2.01. The molecule has 0 heterocycles. The van der Waals surface area contributed by atoms with E-state index in [2.05, 4.69) is 4.72 Å². The maximum Gasteiger partial charge on any atom is 0.289 e. The monoisotopic (exact) mass is 282 g/mol. The van der Waals surface area contributed by atoms with Crippen molar-refractivity contribution < 1.29 is 13.3 Å². The molecule has 1 unspecified atom stereocenters. The van der Waals surface area contributed by atoms with E-state index in [1.807, 2.05) is 6.08 Å². The van der Waals surface area contributed by atoms with Crippen LogP contribution >= 0.6 is 0 Å². The van der Waals surface area contributed by atoms with Gasteiger partial charge in [0.15, 0.2) is 4.90 Å². The van der Waals surface area contributed by atoms with E-state index in [1.54, 1.807) is 6.08 Å². The van der Waals surface area contributed by atoms with Gasteiger partial charge in [-0.25, -0.2) is 13.1 Å². The van der Waals surface area contributed by atoms with Crippen LogP contribution in [0.3, 0.4) is 0 Å². The highest BCUT2D eigenvalue weighted by molar-refractivity contribution is 7.89. The minimum Gasteiger partial charge on any atom is -0.258 e. The van der Waals surface area contributed by atoms with Crippen LogP contribution in [0.15, 0.2) is 41.3 Å². The molecular weight excluding hydrogens is 268 g/mol. The van der Waals surface area contributed by atoms with Gasteiger partial charge in [0.25, 0.3) is 5.69 Å². The summed E-state index contributed by atoms with van der Waals surface area (Å²) in [5.41, 5.74) is -0.408. The molecule has 0 saturated carbocycles. The molecule has 0 radical (unpaired) electrons. The molecule has 7 heteroatoms. The van der Waals surface area contributed by atoms with Crippen molar-refractivity contribution >= 4 is 15.7 Å². The van der Waals surface area contributed by atoms with Gasteiger partial charge in [-0.05, 0) is 25.3 Å². The lowest BCUT2D eigenvalue weighted by Gasteiger charge is -2.17. The number of nitro benzene ring substituents is 1. The van der Waals surface area contributed by atoms with Crippen LogP contribution in [0, 0.1) is 10.1 Å². The number of nitro groups is 1. The molecule has 0 aromatic heterocycles. The topological polar surface area (TPSA) is 89.3 Å². The Labute approximate surface area is 111 Å². The quantitative estimate of drug-likeness (QED) is 0.519. The van der Waals surface area contributed by atoms with Crippen molar-refractivity contribution in [1.29, 1.82) is 0 Å². The van der Waals surface area contributed by atoms with Gasteiger partial charge in [-0.3, -0.25) is 10.1 Å². The molecule has 1 N–H and O–H groups in total. The second kappa shape index (κ2) is 5.50. The first kappa shape index (κ1) is 13.7. The number of hydrogen-bond donors (Lipinski definition) is 1. The zero-order valence-corrected chi connectivity index (χ0v) is 11.0. The van der Waals surface area contributed by atoms with Gasteiger partial charge in [0.05, 0.1) is 4.92 Å². The highest BCUT2D eigenvalue weighted by Gasteiger charge is 2.27. The van der Waals surface area contributed by atoms with E-state index in [0.717, 1.165) is 12.8 Å². The third-order valence-electron chi connectivity index (χ3n) is 2.91. The molecule has 1 aromatic carbocycles. The molecule has 1 atom stereocenters. The Morgan fingerprint density at radius 1 is 1.32 bits per heavy atom. The van der Waals surface area contributed by atoms with Gasteiger partial charge in [-0.15, -0.1) is 0 Å². The lowest BCUT2D eigenvalue weighted by atomic mass is 10.0. The molecule has 1 aromatic rings. The maximum absolute atomic E-state index is 12.2. The Balaban J connectivity index is 2.31. The van der Waals surface area contributed by atoms with Gasteiger partial charge in [-0.2, -0.15) is 0 Å². The number of benzene rings is 1. The van der Waals surface area contributed by atoms with Crippen LogP contribution in [0.25, 0.3) is 0 Å². The summed E-state index contributed by atoms with van der Waals surface area (Å²) in [4.78, 5) is 9.88. The summed E-state index contributed by atoms with van der Waals surface area (Å²) in [5.74, 6) is 0. The predicted molar refractivity (Wildman–Crippen MR) is 70.2 cm³/mol. The van der Waals surface area contributed by atoms with Crippen LogP contribution in [0.2, 0.25) is 0 Å². The van der Waals surface area contributed by atoms with E-state index in [0.29, 0.717) is 6.42 Å². The number of nitrogens with one attached hydrogen (secondary N) is 1. The Hall–Kier alpha value is -1.73. The Kier molecular flexibility index (Phi) is 3.96. The molecule has 102 valence electrons. The minimum absolute atomic E-state index is 0.293. The molecule has 0 amide bonds. The number of sulfonamides is 1. The molecule has 6 nitrogen and oxygen atoms in total. The molecule has 0 aliphatic heterocycles. The molecular formula is C12H14N2O4S.